The number of ketones is 1. The van der Waals surface area contributed by atoms with E-state index >= 15 is 0 Å². The van der Waals surface area contributed by atoms with Crippen molar-refractivity contribution in [3.63, 3.8) is 0 Å². The lowest BCUT2D eigenvalue weighted by atomic mass is 10.3. The largest absolute Gasteiger partial charge is 0.337 e. The van der Waals surface area contributed by atoms with E-state index in [0.29, 0.717) is 5.69 Å². The first kappa shape index (κ1) is 14.4. The molecule has 2 heterocycles. The number of carbonyl (C=O) groups excluding carboxylic acids is 1. The molecule has 0 aromatic carbocycles. The summed E-state index contributed by atoms with van der Waals surface area (Å²) in [6, 6.07) is 5.58. The van der Waals surface area contributed by atoms with Crippen molar-refractivity contribution in [2.24, 2.45) is 0 Å². The van der Waals surface area contributed by atoms with E-state index in [1.54, 1.807) is 6.20 Å². The van der Waals surface area contributed by atoms with Gasteiger partial charge in [-0.25, -0.2) is 4.98 Å². The van der Waals surface area contributed by atoms with Crippen LogP contribution in [0, 0.1) is 0 Å². The Balaban J connectivity index is 0.000000509. The number of hydrogen-bond acceptors (Lipinski definition) is 2. The van der Waals surface area contributed by atoms with Gasteiger partial charge in [0.25, 0.3) is 0 Å². The Bertz CT molecular complexity index is 399. The average molecular weight is 220 g/mol. The molecule has 2 rings (SSSR count). The number of nitrogens with one attached hydrogen (secondary N) is 1. The molecule has 0 aliphatic carbocycles. The van der Waals surface area contributed by atoms with Crippen LogP contribution in [-0.2, 0) is 0 Å². The zero-order valence-electron chi connectivity index (χ0n) is 10.7. The Morgan fingerprint density at radius 3 is 2.38 bits per heavy atom. The van der Waals surface area contributed by atoms with Crippen LogP contribution in [0.1, 0.15) is 45.1 Å². The maximum Gasteiger partial charge on any atom is 0.176 e. The quantitative estimate of drug-likeness (QED) is 0.742. The summed E-state index contributed by atoms with van der Waals surface area (Å²) in [4.78, 5) is 18.0. The fraction of sp³-hybridized carbons (Fsp3) is 0.385. The Hall–Kier alpha value is -1.64. The van der Waals surface area contributed by atoms with Crippen LogP contribution in [-0.4, -0.2) is 15.8 Å². The van der Waals surface area contributed by atoms with Gasteiger partial charge in [-0.05, 0) is 18.2 Å². The number of rotatable bonds is 1. The summed E-state index contributed by atoms with van der Waals surface area (Å²) < 4.78 is 0. The van der Waals surface area contributed by atoms with Crippen molar-refractivity contribution in [1.82, 2.24) is 9.97 Å². The maximum atomic E-state index is 11.0. The lowest BCUT2D eigenvalue weighted by Gasteiger charge is -1.84. The van der Waals surface area contributed by atoms with Crippen molar-refractivity contribution in [2.75, 3.05) is 0 Å². The third-order valence-corrected chi connectivity index (χ3v) is 1.77. The molecule has 2 aromatic heterocycles. The third-order valence-electron chi connectivity index (χ3n) is 1.77. The maximum absolute atomic E-state index is 11.0. The number of fused-ring (bicyclic) bond motifs is 1. The summed E-state index contributed by atoms with van der Waals surface area (Å²) in [7, 11) is 0. The molecule has 0 amide bonds. The van der Waals surface area contributed by atoms with Crippen LogP contribution in [0.5, 0.6) is 0 Å². The molecule has 2 aromatic rings. The summed E-state index contributed by atoms with van der Waals surface area (Å²) in [5.41, 5.74) is 1.38. The second-order valence-corrected chi connectivity index (χ2v) is 2.68. The van der Waals surface area contributed by atoms with Crippen LogP contribution in [0.2, 0.25) is 0 Å². The first-order chi connectivity index (χ1) is 7.77. The van der Waals surface area contributed by atoms with Gasteiger partial charge in [-0.3, -0.25) is 4.79 Å². The second kappa shape index (κ2) is 7.63. The van der Waals surface area contributed by atoms with Crippen molar-refractivity contribution in [1.29, 1.82) is 0 Å². The SMILES string of the molecule is CC.CC.CC(=O)c1cc2cccnc2[nH]1. The molecule has 0 saturated heterocycles. The molecule has 0 unspecified atom stereocenters. The summed E-state index contributed by atoms with van der Waals surface area (Å²) in [5.74, 6) is 0.0352. The van der Waals surface area contributed by atoms with Gasteiger partial charge in [0.05, 0.1) is 5.69 Å². The first-order valence-electron chi connectivity index (χ1n) is 5.72. The predicted molar refractivity (Wildman–Crippen MR) is 68.8 cm³/mol. The van der Waals surface area contributed by atoms with E-state index in [-0.39, 0.29) is 5.78 Å². The molecule has 16 heavy (non-hydrogen) atoms. The number of Topliss-reactive ketones (excluding diaryl/α,β-unsaturated/α-hetero) is 1. The second-order valence-electron chi connectivity index (χ2n) is 2.68. The standard InChI is InChI=1S/C9H8N2O.2C2H6/c1-6(12)8-5-7-3-2-4-10-9(7)11-8;2*1-2/h2-5H,1H3,(H,10,11);2*1-2H3. The van der Waals surface area contributed by atoms with Crippen molar-refractivity contribution < 1.29 is 4.79 Å². The third kappa shape index (κ3) is 3.50. The number of H-pyrrole nitrogens is 1. The molecule has 0 atom stereocenters. The van der Waals surface area contributed by atoms with Gasteiger partial charge in [-0.2, -0.15) is 0 Å². The number of aromatic amines is 1. The van der Waals surface area contributed by atoms with Crippen molar-refractivity contribution >= 4 is 16.8 Å². The minimum absolute atomic E-state index is 0.0352. The van der Waals surface area contributed by atoms with E-state index in [2.05, 4.69) is 9.97 Å². The monoisotopic (exact) mass is 220 g/mol. The molecular formula is C13H20N2O. The topological polar surface area (TPSA) is 45.8 Å². The van der Waals surface area contributed by atoms with Crippen LogP contribution in [0.25, 0.3) is 11.0 Å². The van der Waals surface area contributed by atoms with Gasteiger partial charge in [0, 0.05) is 18.5 Å². The average Bonchev–Trinajstić information content (AvgIpc) is 2.78. The fourth-order valence-electron chi connectivity index (χ4n) is 1.15. The summed E-state index contributed by atoms with van der Waals surface area (Å²) in [5, 5.41) is 0.975. The number of hydrogen-bond donors (Lipinski definition) is 1. The van der Waals surface area contributed by atoms with Gasteiger partial charge in [-0.1, -0.05) is 27.7 Å². The summed E-state index contributed by atoms with van der Waals surface area (Å²) in [6.45, 7) is 9.53. The Labute approximate surface area is 96.9 Å². The van der Waals surface area contributed by atoms with Gasteiger partial charge in [0.2, 0.25) is 0 Å². The number of carbonyl (C=O) groups is 1. The van der Waals surface area contributed by atoms with Gasteiger partial charge in [-0.15, -0.1) is 0 Å². The molecule has 1 N–H and O–H groups in total. The molecule has 0 spiro atoms. The zero-order chi connectivity index (χ0) is 12.6. The lowest BCUT2D eigenvalue weighted by Crippen LogP contribution is -1.90. The highest BCUT2D eigenvalue weighted by molar-refractivity contribution is 5.97. The van der Waals surface area contributed by atoms with Crippen LogP contribution in [0.4, 0.5) is 0 Å². The van der Waals surface area contributed by atoms with E-state index in [1.807, 2.05) is 45.9 Å². The molecule has 0 aliphatic heterocycles. The minimum atomic E-state index is 0.0352. The van der Waals surface area contributed by atoms with Crippen molar-refractivity contribution in [3.8, 4) is 0 Å². The van der Waals surface area contributed by atoms with Gasteiger partial charge >= 0.3 is 0 Å². The Morgan fingerprint density at radius 1 is 1.25 bits per heavy atom. The Morgan fingerprint density at radius 2 is 1.88 bits per heavy atom. The van der Waals surface area contributed by atoms with E-state index in [1.165, 1.54) is 6.92 Å². The number of aromatic nitrogens is 2. The van der Waals surface area contributed by atoms with E-state index in [0.717, 1.165) is 11.0 Å². The molecular weight excluding hydrogens is 200 g/mol. The van der Waals surface area contributed by atoms with Crippen LogP contribution in [0.15, 0.2) is 24.4 Å². The molecule has 0 aliphatic rings. The zero-order valence-corrected chi connectivity index (χ0v) is 10.7. The highest BCUT2D eigenvalue weighted by Gasteiger charge is 2.03. The van der Waals surface area contributed by atoms with E-state index in [4.69, 9.17) is 0 Å². The number of pyridine rings is 1. The highest BCUT2D eigenvalue weighted by atomic mass is 16.1. The highest BCUT2D eigenvalue weighted by Crippen LogP contribution is 2.11. The van der Waals surface area contributed by atoms with E-state index < -0.39 is 0 Å². The molecule has 0 radical (unpaired) electrons. The smallest absolute Gasteiger partial charge is 0.176 e. The number of nitrogens with zero attached hydrogens (tertiary/aromatic N) is 1. The fourth-order valence-corrected chi connectivity index (χ4v) is 1.15. The predicted octanol–water partition coefficient (Wildman–Crippen LogP) is 3.82. The minimum Gasteiger partial charge on any atom is -0.337 e. The lowest BCUT2D eigenvalue weighted by molar-refractivity contribution is 0.101. The van der Waals surface area contributed by atoms with Crippen molar-refractivity contribution in [2.45, 2.75) is 34.6 Å². The normalized spacial score (nSPS) is 8.56. The van der Waals surface area contributed by atoms with Gasteiger partial charge in [0.1, 0.15) is 5.65 Å². The molecule has 3 heteroatoms. The van der Waals surface area contributed by atoms with Crippen LogP contribution < -0.4 is 0 Å². The first-order valence-corrected chi connectivity index (χ1v) is 5.72. The molecule has 88 valence electrons. The molecule has 0 saturated carbocycles. The summed E-state index contributed by atoms with van der Waals surface area (Å²) >= 11 is 0. The van der Waals surface area contributed by atoms with Gasteiger partial charge < -0.3 is 4.98 Å². The molecule has 0 bridgehead atoms. The molecule has 0 fully saturated rings. The van der Waals surface area contributed by atoms with Crippen LogP contribution in [0.3, 0.4) is 0 Å². The van der Waals surface area contributed by atoms with Crippen LogP contribution >= 0.6 is 0 Å². The summed E-state index contributed by atoms with van der Waals surface area (Å²) in [6.07, 6.45) is 1.70. The van der Waals surface area contributed by atoms with E-state index in [9.17, 15) is 4.79 Å². The van der Waals surface area contributed by atoms with Gasteiger partial charge in [0.15, 0.2) is 5.78 Å². The Kier molecular flexibility index (Phi) is 6.84. The van der Waals surface area contributed by atoms with Crippen molar-refractivity contribution in [3.05, 3.63) is 30.1 Å². The molecule has 3 nitrogen and oxygen atoms in total.